The second-order valence-corrected chi connectivity index (χ2v) is 8.79. The molecule has 0 spiro atoms. The van der Waals surface area contributed by atoms with Crippen LogP contribution in [0.15, 0.2) is 91.0 Å². The average Bonchev–Trinajstić information content (AvgIpc) is 2.95. The van der Waals surface area contributed by atoms with E-state index < -0.39 is 0 Å². The van der Waals surface area contributed by atoms with Crippen molar-refractivity contribution >= 4 is 45.8 Å². The van der Waals surface area contributed by atoms with Crippen LogP contribution < -0.4 is 19.8 Å². The molecular formula is C33H31N2O2+. The Balaban J connectivity index is 1.53. The number of hydrogen-bond donors (Lipinski definition) is 1. The normalized spacial score (nSPS) is 11.6. The number of ether oxygens (including phenoxy) is 2. The molecule has 4 aromatic carbocycles. The SMILES string of the molecule is COc1ccc(/C=C/c2cccc(/C=C/c3ccc(OC)c4ccccc34)[n+]2CCN)c2ccccc12. The molecule has 37 heavy (non-hydrogen) atoms. The fourth-order valence-electron chi connectivity index (χ4n) is 4.84. The summed E-state index contributed by atoms with van der Waals surface area (Å²) in [6.07, 6.45) is 8.64. The van der Waals surface area contributed by atoms with Crippen LogP contribution in [-0.4, -0.2) is 20.8 Å². The maximum Gasteiger partial charge on any atom is 0.205 e. The monoisotopic (exact) mass is 487 g/mol. The molecule has 4 nitrogen and oxygen atoms in total. The number of nitrogens with two attached hydrogens (primary N) is 1. The van der Waals surface area contributed by atoms with Crippen LogP contribution in [0.3, 0.4) is 0 Å². The molecule has 0 aliphatic heterocycles. The summed E-state index contributed by atoms with van der Waals surface area (Å²) in [5, 5.41) is 4.52. The van der Waals surface area contributed by atoms with Crippen LogP contribution in [0.2, 0.25) is 0 Å². The number of aromatic nitrogens is 1. The molecule has 4 heteroatoms. The highest BCUT2D eigenvalue weighted by Crippen LogP contribution is 2.30. The van der Waals surface area contributed by atoms with E-state index in [-0.39, 0.29) is 0 Å². The summed E-state index contributed by atoms with van der Waals surface area (Å²) >= 11 is 0. The molecule has 5 rings (SSSR count). The predicted octanol–water partition coefficient (Wildman–Crippen LogP) is 6.60. The second kappa shape index (κ2) is 11.1. The Bertz CT molecular complexity index is 1500. The van der Waals surface area contributed by atoms with Gasteiger partial charge in [0, 0.05) is 35.1 Å². The van der Waals surface area contributed by atoms with Crippen molar-refractivity contribution in [3.63, 3.8) is 0 Å². The number of nitrogens with zero attached hydrogens (tertiary/aromatic N) is 1. The largest absolute Gasteiger partial charge is 0.496 e. The molecule has 0 saturated carbocycles. The Morgan fingerprint density at radius 2 is 1.03 bits per heavy atom. The summed E-state index contributed by atoms with van der Waals surface area (Å²) in [6, 6.07) is 31.2. The van der Waals surface area contributed by atoms with Gasteiger partial charge in [-0.25, -0.2) is 0 Å². The van der Waals surface area contributed by atoms with E-state index in [1.165, 1.54) is 0 Å². The van der Waals surface area contributed by atoms with Crippen LogP contribution in [0.5, 0.6) is 11.5 Å². The van der Waals surface area contributed by atoms with Gasteiger partial charge in [0.2, 0.25) is 11.4 Å². The molecule has 0 aliphatic carbocycles. The number of fused-ring (bicyclic) bond motifs is 2. The van der Waals surface area contributed by atoms with Gasteiger partial charge < -0.3 is 15.2 Å². The summed E-state index contributed by atoms with van der Waals surface area (Å²) in [5.41, 5.74) is 10.5. The first-order valence-electron chi connectivity index (χ1n) is 12.4. The molecule has 0 bridgehead atoms. The zero-order valence-electron chi connectivity index (χ0n) is 21.2. The number of methoxy groups -OCH3 is 2. The predicted molar refractivity (Wildman–Crippen MR) is 155 cm³/mol. The van der Waals surface area contributed by atoms with E-state index in [0.29, 0.717) is 13.1 Å². The van der Waals surface area contributed by atoms with Gasteiger partial charge in [0.1, 0.15) is 11.5 Å². The molecule has 1 aromatic heterocycles. The molecule has 0 aliphatic rings. The minimum atomic E-state index is 0.549. The highest BCUT2D eigenvalue weighted by atomic mass is 16.5. The fraction of sp³-hybridized carbons (Fsp3) is 0.121. The Labute approximate surface area is 217 Å². The van der Waals surface area contributed by atoms with Gasteiger partial charge in [-0.3, -0.25) is 0 Å². The molecule has 5 aromatic rings. The number of benzene rings is 4. The third-order valence-electron chi connectivity index (χ3n) is 6.65. The molecule has 184 valence electrons. The van der Waals surface area contributed by atoms with E-state index >= 15 is 0 Å². The molecule has 0 amide bonds. The standard InChI is InChI=1S/C33H31N2O2/c1-36-32-20-16-24(28-10-3-5-12-30(28)32)14-18-26-8-7-9-27(35(26)23-22-34)19-15-25-17-21-33(37-2)31-13-6-4-11-29(25)31/h3-21H,22-23,34H2,1-2H3/q+1/b18-14+,19-15+. The van der Waals surface area contributed by atoms with Crippen LogP contribution in [0.25, 0.3) is 45.8 Å². The summed E-state index contributed by atoms with van der Waals surface area (Å²) in [6.45, 7) is 1.26. The molecule has 0 fully saturated rings. The third-order valence-corrected chi connectivity index (χ3v) is 6.65. The minimum absolute atomic E-state index is 0.549. The lowest BCUT2D eigenvalue weighted by atomic mass is 10.0. The Hall–Kier alpha value is -4.41. The fourth-order valence-corrected chi connectivity index (χ4v) is 4.84. The van der Waals surface area contributed by atoms with Gasteiger partial charge in [-0.05, 0) is 52.3 Å². The highest BCUT2D eigenvalue weighted by Gasteiger charge is 2.13. The number of pyridine rings is 1. The zero-order valence-corrected chi connectivity index (χ0v) is 21.2. The molecule has 0 saturated heterocycles. The third kappa shape index (κ3) is 4.97. The Morgan fingerprint density at radius 3 is 1.46 bits per heavy atom. The van der Waals surface area contributed by atoms with Crippen molar-refractivity contribution in [3.8, 4) is 11.5 Å². The first-order chi connectivity index (χ1) is 18.2. The van der Waals surface area contributed by atoms with Gasteiger partial charge in [-0.2, -0.15) is 4.57 Å². The molecular weight excluding hydrogens is 456 g/mol. The maximum absolute atomic E-state index is 6.03. The van der Waals surface area contributed by atoms with Crippen molar-refractivity contribution in [2.45, 2.75) is 6.54 Å². The van der Waals surface area contributed by atoms with Gasteiger partial charge in [0.25, 0.3) is 0 Å². The average molecular weight is 488 g/mol. The van der Waals surface area contributed by atoms with E-state index in [0.717, 1.165) is 55.6 Å². The van der Waals surface area contributed by atoms with Crippen molar-refractivity contribution < 1.29 is 14.0 Å². The van der Waals surface area contributed by atoms with Crippen molar-refractivity contribution in [1.82, 2.24) is 0 Å². The first kappa shape index (κ1) is 24.3. The van der Waals surface area contributed by atoms with Gasteiger partial charge in [-0.1, -0.05) is 60.7 Å². The van der Waals surface area contributed by atoms with Crippen molar-refractivity contribution in [3.05, 3.63) is 114 Å². The van der Waals surface area contributed by atoms with Gasteiger partial charge in [0.05, 0.1) is 20.8 Å². The lowest BCUT2D eigenvalue weighted by molar-refractivity contribution is -0.697. The minimum Gasteiger partial charge on any atom is -0.496 e. The second-order valence-electron chi connectivity index (χ2n) is 8.79. The van der Waals surface area contributed by atoms with Gasteiger partial charge >= 0.3 is 0 Å². The van der Waals surface area contributed by atoms with E-state index in [2.05, 4.69) is 95.6 Å². The van der Waals surface area contributed by atoms with Crippen molar-refractivity contribution in [1.29, 1.82) is 0 Å². The molecule has 0 unspecified atom stereocenters. The van der Waals surface area contributed by atoms with E-state index in [9.17, 15) is 0 Å². The maximum atomic E-state index is 6.03. The van der Waals surface area contributed by atoms with Crippen LogP contribution in [0.1, 0.15) is 22.5 Å². The molecule has 2 N–H and O–H groups in total. The first-order valence-corrected chi connectivity index (χ1v) is 12.4. The number of rotatable bonds is 8. The summed E-state index contributed by atoms with van der Waals surface area (Å²) in [7, 11) is 3.42. The summed E-state index contributed by atoms with van der Waals surface area (Å²) in [5.74, 6) is 1.76. The molecule has 1 heterocycles. The topological polar surface area (TPSA) is 48.4 Å². The summed E-state index contributed by atoms with van der Waals surface area (Å²) < 4.78 is 13.4. The zero-order chi connectivity index (χ0) is 25.6. The van der Waals surface area contributed by atoms with Crippen molar-refractivity contribution in [2.75, 3.05) is 20.8 Å². The Kier molecular flexibility index (Phi) is 7.29. The summed E-state index contributed by atoms with van der Waals surface area (Å²) in [4.78, 5) is 0. The van der Waals surface area contributed by atoms with Crippen LogP contribution in [0.4, 0.5) is 0 Å². The lowest BCUT2D eigenvalue weighted by Gasteiger charge is -2.08. The van der Waals surface area contributed by atoms with Gasteiger partial charge in [-0.15, -0.1) is 0 Å². The number of hydrogen-bond acceptors (Lipinski definition) is 3. The van der Waals surface area contributed by atoms with Gasteiger partial charge in [0.15, 0.2) is 6.54 Å². The van der Waals surface area contributed by atoms with Crippen LogP contribution in [-0.2, 0) is 6.54 Å². The molecule has 0 radical (unpaired) electrons. The smallest absolute Gasteiger partial charge is 0.205 e. The lowest BCUT2D eigenvalue weighted by Crippen LogP contribution is -2.43. The van der Waals surface area contributed by atoms with Crippen molar-refractivity contribution in [2.24, 2.45) is 5.73 Å². The highest BCUT2D eigenvalue weighted by molar-refractivity contribution is 5.97. The van der Waals surface area contributed by atoms with E-state index in [4.69, 9.17) is 15.2 Å². The van der Waals surface area contributed by atoms with E-state index in [1.54, 1.807) is 14.2 Å². The van der Waals surface area contributed by atoms with Crippen LogP contribution >= 0.6 is 0 Å². The Morgan fingerprint density at radius 1 is 0.568 bits per heavy atom. The van der Waals surface area contributed by atoms with Crippen LogP contribution in [0, 0.1) is 0 Å². The van der Waals surface area contributed by atoms with E-state index in [1.807, 2.05) is 24.3 Å². The molecule has 0 atom stereocenters. The quantitative estimate of drug-likeness (QED) is 0.251.